The maximum Gasteiger partial charge on any atom is 0.270 e. The highest BCUT2D eigenvalue weighted by atomic mass is 32.1. The van der Waals surface area contributed by atoms with Gasteiger partial charge in [-0.15, -0.1) is 11.3 Å². The summed E-state index contributed by atoms with van der Waals surface area (Å²) in [5.74, 6) is -0.209. The van der Waals surface area contributed by atoms with E-state index < -0.39 is 0 Å². The molecule has 0 radical (unpaired) electrons. The van der Waals surface area contributed by atoms with Gasteiger partial charge in [-0.25, -0.2) is 9.97 Å². The van der Waals surface area contributed by atoms with E-state index in [4.69, 9.17) is 5.26 Å². The fourth-order valence-corrected chi connectivity index (χ4v) is 3.83. The standard InChI is InChI=1S/C16H16N4OS/c1-11-10-22-15(19-11)16(6-2-3-7-16)20-14(21)13-5-4-12(8-17)9-18-13/h4-5,9-10H,2-3,6-7H2,1H3,(H,20,21). The van der Waals surface area contributed by atoms with Crippen LogP contribution in [0.5, 0.6) is 0 Å². The second-order valence-corrected chi connectivity index (χ2v) is 6.44. The van der Waals surface area contributed by atoms with Crippen LogP contribution in [-0.2, 0) is 5.54 Å². The van der Waals surface area contributed by atoms with Gasteiger partial charge in [-0.05, 0) is 31.9 Å². The Morgan fingerprint density at radius 3 is 2.73 bits per heavy atom. The molecule has 0 spiro atoms. The lowest BCUT2D eigenvalue weighted by atomic mass is 9.98. The molecule has 1 fully saturated rings. The molecule has 0 atom stereocenters. The first-order valence-electron chi connectivity index (χ1n) is 7.24. The van der Waals surface area contributed by atoms with Crippen molar-refractivity contribution in [3.63, 3.8) is 0 Å². The molecule has 1 aliphatic rings. The third kappa shape index (κ3) is 2.72. The fourth-order valence-electron chi connectivity index (χ4n) is 2.82. The van der Waals surface area contributed by atoms with Crippen molar-refractivity contribution in [1.29, 1.82) is 5.26 Å². The number of nitrogens with zero attached hydrogens (tertiary/aromatic N) is 3. The highest BCUT2D eigenvalue weighted by Gasteiger charge is 2.39. The normalized spacial score (nSPS) is 16.2. The Kier molecular flexibility index (Phi) is 3.90. The Hall–Kier alpha value is -2.26. The van der Waals surface area contributed by atoms with E-state index in [0.29, 0.717) is 11.3 Å². The van der Waals surface area contributed by atoms with E-state index in [1.165, 1.54) is 6.20 Å². The first-order valence-corrected chi connectivity index (χ1v) is 8.12. The number of thiazole rings is 1. The molecular formula is C16H16N4OS. The summed E-state index contributed by atoms with van der Waals surface area (Å²) in [6.07, 6.45) is 5.40. The zero-order valence-corrected chi connectivity index (χ0v) is 13.1. The molecule has 1 amide bonds. The van der Waals surface area contributed by atoms with Crippen LogP contribution < -0.4 is 5.32 Å². The predicted molar refractivity (Wildman–Crippen MR) is 83.4 cm³/mol. The number of hydrogen-bond acceptors (Lipinski definition) is 5. The van der Waals surface area contributed by atoms with E-state index in [1.807, 2.05) is 18.4 Å². The van der Waals surface area contributed by atoms with E-state index in [1.54, 1.807) is 23.5 Å². The minimum atomic E-state index is -0.369. The summed E-state index contributed by atoms with van der Waals surface area (Å²) in [4.78, 5) is 21.2. The molecule has 0 aromatic carbocycles. The fraction of sp³-hybridized carbons (Fsp3) is 0.375. The second-order valence-electron chi connectivity index (χ2n) is 5.58. The first kappa shape index (κ1) is 14.7. The Morgan fingerprint density at radius 2 is 2.18 bits per heavy atom. The van der Waals surface area contributed by atoms with Crippen LogP contribution >= 0.6 is 11.3 Å². The maximum atomic E-state index is 12.5. The van der Waals surface area contributed by atoms with Crippen molar-refractivity contribution in [2.75, 3.05) is 0 Å². The van der Waals surface area contributed by atoms with E-state index in [2.05, 4.69) is 15.3 Å². The third-order valence-corrected chi connectivity index (χ3v) is 5.13. The Balaban J connectivity index is 1.84. The van der Waals surface area contributed by atoms with Crippen molar-refractivity contribution in [1.82, 2.24) is 15.3 Å². The molecule has 1 N–H and O–H groups in total. The molecule has 22 heavy (non-hydrogen) atoms. The summed E-state index contributed by atoms with van der Waals surface area (Å²) in [6.45, 7) is 1.96. The summed E-state index contributed by atoms with van der Waals surface area (Å²) in [5.41, 5.74) is 1.39. The highest BCUT2D eigenvalue weighted by Crippen LogP contribution is 2.40. The number of carbonyl (C=O) groups is 1. The number of aryl methyl sites for hydroxylation is 1. The number of rotatable bonds is 3. The quantitative estimate of drug-likeness (QED) is 0.945. The molecule has 2 aromatic rings. The molecule has 112 valence electrons. The van der Waals surface area contributed by atoms with Crippen LogP contribution in [0.3, 0.4) is 0 Å². The summed E-state index contributed by atoms with van der Waals surface area (Å²) in [6, 6.07) is 5.19. The SMILES string of the molecule is Cc1csc(C2(NC(=O)c3ccc(C#N)cn3)CCCC2)n1. The van der Waals surface area contributed by atoms with E-state index in [9.17, 15) is 4.79 Å². The van der Waals surface area contributed by atoms with Gasteiger partial charge in [0.05, 0.1) is 11.1 Å². The van der Waals surface area contributed by atoms with Gasteiger partial charge in [0.2, 0.25) is 0 Å². The van der Waals surface area contributed by atoms with E-state index >= 15 is 0 Å². The van der Waals surface area contributed by atoms with Gasteiger partial charge in [0.15, 0.2) is 0 Å². The maximum absolute atomic E-state index is 12.5. The predicted octanol–water partition coefficient (Wildman–Crippen LogP) is 2.92. The Morgan fingerprint density at radius 1 is 1.41 bits per heavy atom. The Bertz CT molecular complexity index is 723. The largest absolute Gasteiger partial charge is 0.339 e. The number of nitriles is 1. The van der Waals surface area contributed by atoms with Crippen molar-refractivity contribution >= 4 is 17.2 Å². The number of amides is 1. The lowest BCUT2D eigenvalue weighted by Crippen LogP contribution is -2.44. The molecule has 0 unspecified atom stereocenters. The van der Waals surface area contributed by atoms with Crippen molar-refractivity contribution in [2.24, 2.45) is 0 Å². The number of hydrogen-bond donors (Lipinski definition) is 1. The molecule has 2 aromatic heterocycles. The molecule has 0 saturated heterocycles. The monoisotopic (exact) mass is 312 g/mol. The molecule has 6 heteroatoms. The van der Waals surface area contributed by atoms with Crippen LogP contribution in [0.2, 0.25) is 0 Å². The van der Waals surface area contributed by atoms with Gasteiger partial charge in [0.1, 0.15) is 16.8 Å². The highest BCUT2D eigenvalue weighted by molar-refractivity contribution is 7.09. The average molecular weight is 312 g/mol. The minimum Gasteiger partial charge on any atom is -0.339 e. The zero-order valence-electron chi connectivity index (χ0n) is 12.3. The molecule has 2 heterocycles. The number of carbonyl (C=O) groups excluding carboxylic acids is 1. The molecule has 0 bridgehead atoms. The van der Waals surface area contributed by atoms with Crippen LogP contribution in [0.25, 0.3) is 0 Å². The molecular weight excluding hydrogens is 296 g/mol. The third-order valence-electron chi connectivity index (χ3n) is 3.96. The number of nitrogens with one attached hydrogen (secondary N) is 1. The minimum absolute atomic E-state index is 0.209. The van der Waals surface area contributed by atoms with E-state index in [0.717, 1.165) is 36.4 Å². The van der Waals surface area contributed by atoms with Crippen LogP contribution in [-0.4, -0.2) is 15.9 Å². The van der Waals surface area contributed by atoms with Gasteiger partial charge in [-0.3, -0.25) is 4.79 Å². The van der Waals surface area contributed by atoms with E-state index in [-0.39, 0.29) is 11.4 Å². The number of aromatic nitrogens is 2. The number of pyridine rings is 1. The van der Waals surface area contributed by atoms with Gasteiger partial charge >= 0.3 is 0 Å². The van der Waals surface area contributed by atoms with Gasteiger partial charge in [-0.2, -0.15) is 5.26 Å². The average Bonchev–Trinajstić information content (AvgIpc) is 3.17. The van der Waals surface area contributed by atoms with Crippen molar-refractivity contribution in [3.8, 4) is 6.07 Å². The Labute approximate surface area is 133 Å². The summed E-state index contributed by atoms with van der Waals surface area (Å²) in [7, 11) is 0. The summed E-state index contributed by atoms with van der Waals surface area (Å²) >= 11 is 1.60. The van der Waals surface area contributed by atoms with Gasteiger partial charge in [-0.1, -0.05) is 12.8 Å². The zero-order chi connectivity index (χ0) is 15.6. The molecule has 3 rings (SSSR count). The molecule has 1 saturated carbocycles. The van der Waals surface area contributed by atoms with Crippen LogP contribution in [0, 0.1) is 18.3 Å². The molecule has 5 nitrogen and oxygen atoms in total. The van der Waals surface area contributed by atoms with Crippen LogP contribution in [0.1, 0.15) is 52.4 Å². The summed E-state index contributed by atoms with van der Waals surface area (Å²) in [5, 5.41) is 14.9. The van der Waals surface area contributed by atoms with Crippen LogP contribution in [0.4, 0.5) is 0 Å². The van der Waals surface area contributed by atoms with Gasteiger partial charge in [0, 0.05) is 17.3 Å². The van der Waals surface area contributed by atoms with Gasteiger partial charge in [0.25, 0.3) is 5.91 Å². The molecule has 1 aliphatic carbocycles. The lowest BCUT2D eigenvalue weighted by molar-refractivity contribution is 0.0892. The van der Waals surface area contributed by atoms with Gasteiger partial charge < -0.3 is 5.32 Å². The second kappa shape index (κ2) is 5.85. The smallest absolute Gasteiger partial charge is 0.270 e. The molecule has 0 aliphatic heterocycles. The van der Waals surface area contributed by atoms with Crippen LogP contribution in [0.15, 0.2) is 23.7 Å². The first-order chi connectivity index (χ1) is 10.6. The van der Waals surface area contributed by atoms with Crippen molar-refractivity contribution in [2.45, 2.75) is 38.1 Å². The lowest BCUT2D eigenvalue weighted by Gasteiger charge is -2.28. The topological polar surface area (TPSA) is 78.7 Å². The van der Waals surface area contributed by atoms with Crippen molar-refractivity contribution in [3.05, 3.63) is 45.7 Å². The van der Waals surface area contributed by atoms with Crippen molar-refractivity contribution < 1.29 is 4.79 Å². The summed E-state index contributed by atoms with van der Waals surface area (Å²) < 4.78 is 0.